The molecule has 2 N–H and O–H groups in total. The van der Waals surface area contributed by atoms with E-state index in [1.165, 1.54) is 4.90 Å². The molecule has 4 rings (SSSR count). The fraction of sp³-hybridized carbons (Fsp3) is 0.370. The number of nitrogens with one attached hydrogen (secondary N) is 1. The van der Waals surface area contributed by atoms with E-state index in [0.717, 1.165) is 16.9 Å². The number of carboxylic acids is 1. The maximum absolute atomic E-state index is 13.7. The summed E-state index contributed by atoms with van der Waals surface area (Å²) >= 11 is 0. The lowest BCUT2D eigenvalue weighted by Gasteiger charge is -2.32. The van der Waals surface area contributed by atoms with Crippen molar-refractivity contribution in [2.24, 2.45) is 17.8 Å². The average molecular weight is 463 g/mol. The van der Waals surface area contributed by atoms with Gasteiger partial charge in [0.1, 0.15) is 11.3 Å². The third-order valence-electron chi connectivity index (χ3n) is 6.77. The molecule has 0 spiro atoms. The second-order valence-electron chi connectivity index (χ2n) is 9.48. The normalized spacial score (nSPS) is 26.5. The molecule has 7 heteroatoms. The molecule has 2 aliphatic rings. The number of aryl methyl sites for hydroxylation is 1. The highest BCUT2D eigenvalue weighted by Gasteiger charge is 2.68. The van der Waals surface area contributed by atoms with Crippen molar-refractivity contribution in [1.29, 1.82) is 0 Å². The standard InChI is InChI=1S/C27H30N2O5/c1-16(2)15-27(26(32)33)23-22(20(28-27)14-11-18-9-12-19(34-4)13-10-18)24(30)29(25(23)31)21-8-6-5-7-17(21)3/h5-14,16,20,22-23,28H,15H2,1-4H3,(H,32,33). The highest BCUT2D eigenvalue weighted by Crippen LogP contribution is 2.47. The number of aliphatic carboxylic acids is 1. The summed E-state index contributed by atoms with van der Waals surface area (Å²) in [6, 6.07) is 14.0. The molecule has 0 aromatic heterocycles. The van der Waals surface area contributed by atoms with Gasteiger partial charge >= 0.3 is 5.97 Å². The third kappa shape index (κ3) is 3.90. The zero-order valence-electron chi connectivity index (χ0n) is 19.8. The Balaban J connectivity index is 1.77. The van der Waals surface area contributed by atoms with Crippen molar-refractivity contribution in [3.05, 3.63) is 65.7 Å². The second kappa shape index (κ2) is 9.06. The van der Waals surface area contributed by atoms with Gasteiger partial charge < -0.3 is 9.84 Å². The van der Waals surface area contributed by atoms with E-state index >= 15 is 0 Å². The van der Waals surface area contributed by atoms with E-state index in [2.05, 4.69) is 5.32 Å². The van der Waals surface area contributed by atoms with Crippen molar-refractivity contribution in [2.45, 2.75) is 38.8 Å². The van der Waals surface area contributed by atoms with Crippen molar-refractivity contribution < 1.29 is 24.2 Å². The molecule has 34 heavy (non-hydrogen) atoms. The smallest absolute Gasteiger partial charge is 0.324 e. The van der Waals surface area contributed by atoms with Crippen LogP contribution >= 0.6 is 0 Å². The van der Waals surface area contributed by atoms with Gasteiger partial charge in [0.15, 0.2) is 0 Å². The van der Waals surface area contributed by atoms with Crippen LogP contribution in [0.25, 0.3) is 6.08 Å². The van der Waals surface area contributed by atoms with Gasteiger partial charge in [0.25, 0.3) is 0 Å². The maximum Gasteiger partial charge on any atom is 0.324 e. The molecular weight excluding hydrogens is 432 g/mol. The first kappa shape index (κ1) is 23.7. The van der Waals surface area contributed by atoms with Crippen molar-refractivity contribution in [1.82, 2.24) is 5.32 Å². The van der Waals surface area contributed by atoms with E-state index in [1.807, 2.05) is 63.2 Å². The molecule has 7 nitrogen and oxygen atoms in total. The molecule has 0 radical (unpaired) electrons. The van der Waals surface area contributed by atoms with Crippen LogP contribution in [0.5, 0.6) is 5.75 Å². The Bertz CT molecular complexity index is 1140. The van der Waals surface area contributed by atoms with Crippen LogP contribution < -0.4 is 15.0 Å². The summed E-state index contributed by atoms with van der Waals surface area (Å²) in [6.07, 6.45) is 3.88. The number of hydrogen-bond acceptors (Lipinski definition) is 5. The number of carbonyl (C=O) groups excluding carboxylic acids is 2. The number of amides is 2. The van der Waals surface area contributed by atoms with Gasteiger partial charge in [0.05, 0.1) is 24.6 Å². The quantitative estimate of drug-likeness (QED) is 0.610. The summed E-state index contributed by atoms with van der Waals surface area (Å²) < 4.78 is 5.19. The van der Waals surface area contributed by atoms with Crippen molar-refractivity contribution in [3.8, 4) is 5.75 Å². The van der Waals surface area contributed by atoms with Crippen LogP contribution in [0.15, 0.2) is 54.6 Å². The molecule has 178 valence electrons. The lowest BCUT2D eigenvalue weighted by molar-refractivity contribution is -0.149. The number of ether oxygens (including phenoxy) is 1. The lowest BCUT2D eigenvalue weighted by Crippen LogP contribution is -2.57. The minimum Gasteiger partial charge on any atom is -0.497 e. The summed E-state index contributed by atoms with van der Waals surface area (Å²) in [7, 11) is 1.59. The monoisotopic (exact) mass is 462 g/mol. The highest BCUT2D eigenvalue weighted by atomic mass is 16.5. The minimum absolute atomic E-state index is 0.00369. The van der Waals surface area contributed by atoms with Gasteiger partial charge in [-0.2, -0.15) is 0 Å². The first-order valence-corrected chi connectivity index (χ1v) is 11.5. The fourth-order valence-corrected chi connectivity index (χ4v) is 5.31. The number of carboxylic acid groups (broad SMARTS) is 1. The van der Waals surface area contributed by atoms with Gasteiger partial charge in [-0.05, 0) is 48.6 Å². The Hall–Kier alpha value is -3.45. The van der Waals surface area contributed by atoms with Gasteiger partial charge in [-0.25, -0.2) is 4.90 Å². The van der Waals surface area contributed by atoms with E-state index in [0.29, 0.717) is 5.69 Å². The number of anilines is 1. The lowest BCUT2D eigenvalue weighted by atomic mass is 9.75. The molecule has 0 aliphatic carbocycles. The fourth-order valence-electron chi connectivity index (χ4n) is 5.31. The predicted molar refractivity (Wildman–Crippen MR) is 129 cm³/mol. The molecule has 4 unspecified atom stereocenters. The Morgan fingerprint density at radius 3 is 2.41 bits per heavy atom. The van der Waals surface area contributed by atoms with Crippen LogP contribution in [0, 0.1) is 24.7 Å². The van der Waals surface area contributed by atoms with Crippen molar-refractivity contribution >= 4 is 29.5 Å². The molecule has 2 aromatic carbocycles. The number of rotatable bonds is 7. The molecule has 0 bridgehead atoms. The van der Waals surface area contributed by atoms with Crippen LogP contribution in [0.2, 0.25) is 0 Å². The molecule has 2 aromatic rings. The Morgan fingerprint density at radius 1 is 1.15 bits per heavy atom. The number of fused-ring (bicyclic) bond motifs is 1. The summed E-state index contributed by atoms with van der Waals surface area (Å²) in [5, 5.41) is 13.6. The molecule has 4 atom stereocenters. The first-order chi connectivity index (χ1) is 16.2. The van der Waals surface area contributed by atoms with E-state index in [9.17, 15) is 19.5 Å². The van der Waals surface area contributed by atoms with Gasteiger partial charge in [-0.1, -0.05) is 56.3 Å². The number of hydrogen-bond donors (Lipinski definition) is 2. The van der Waals surface area contributed by atoms with Crippen LogP contribution in [0.3, 0.4) is 0 Å². The van der Waals surface area contributed by atoms with Crippen molar-refractivity contribution in [3.63, 3.8) is 0 Å². The summed E-state index contributed by atoms with van der Waals surface area (Å²) in [6.45, 7) is 5.67. The van der Waals surface area contributed by atoms with Gasteiger partial charge in [-0.3, -0.25) is 19.7 Å². The van der Waals surface area contributed by atoms with E-state index in [1.54, 1.807) is 25.3 Å². The maximum atomic E-state index is 13.7. The van der Waals surface area contributed by atoms with E-state index < -0.39 is 35.3 Å². The molecule has 2 heterocycles. The summed E-state index contributed by atoms with van der Waals surface area (Å²) in [4.78, 5) is 41.2. The summed E-state index contributed by atoms with van der Waals surface area (Å²) in [5.74, 6) is -3.01. The minimum atomic E-state index is -1.53. The molecule has 2 fully saturated rings. The Morgan fingerprint density at radius 2 is 1.82 bits per heavy atom. The number of nitrogens with zero attached hydrogens (tertiary/aromatic N) is 1. The number of para-hydroxylation sites is 1. The number of benzene rings is 2. The number of carbonyl (C=O) groups is 3. The van der Waals surface area contributed by atoms with Gasteiger partial charge in [0.2, 0.25) is 11.8 Å². The second-order valence-corrected chi connectivity index (χ2v) is 9.48. The van der Waals surface area contributed by atoms with Crippen LogP contribution in [0.4, 0.5) is 5.69 Å². The highest BCUT2D eigenvalue weighted by molar-refractivity contribution is 6.24. The predicted octanol–water partition coefficient (Wildman–Crippen LogP) is 3.66. The molecule has 2 amide bonds. The van der Waals surface area contributed by atoms with Crippen LogP contribution in [-0.2, 0) is 14.4 Å². The average Bonchev–Trinajstić information content (AvgIpc) is 3.26. The van der Waals surface area contributed by atoms with E-state index in [-0.39, 0.29) is 18.2 Å². The summed E-state index contributed by atoms with van der Waals surface area (Å²) in [5.41, 5.74) is 0.641. The van der Waals surface area contributed by atoms with Gasteiger partial charge in [-0.15, -0.1) is 0 Å². The van der Waals surface area contributed by atoms with E-state index in [4.69, 9.17) is 4.74 Å². The zero-order chi connectivity index (χ0) is 24.6. The largest absolute Gasteiger partial charge is 0.497 e. The topological polar surface area (TPSA) is 95.9 Å². The first-order valence-electron chi connectivity index (χ1n) is 11.5. The molecular formula is C27H30N2O5. The molecule has 2 aliphatic heterocycles. The van der Waals surface area contributed by atoms with Crippen LogP contribution in [0.1, 0.15) is 31.4 Å². The van der Waals surface area contributed by atoms with Gasteiger partial charge in [0, 0.05) is 6.04 Å². The SMILES string of the molecule is COc1ccc(C=CC2NC(CC(C)C)(C(=O)O)C3C(=O)N(c4ccccc4C)C(=O)C23)cc1. The Labute approximate surface area is 199 Å². The third-order valence-corrected chi connectivity index (χ3v) is 6.77. The zero-order valence-corrected chi connectivity index (χ0v) is 19.8. The molecule has 0 saturated carbocycles. The van der Waals surface area contributed by atoms with Crippen molar-refractivity contribution in [2.75, 3.05) is 12.0 Å². The number of imide groups is 1. The molecule has 2 saturated heterocycles. The number of methoxy groups -OCH3 is 1. The van der Waals surface area contributed by atoms with Crippen LogP contribution in [-0.4, -0.2) is 41.6 Å². The Kier molecular flexibility index (Phi) is 6.32.